The van der Waals surface area contributed by atoms with Crippen molar-refractivity contribution in [3.8, 4) is 5.75 Å². The smallest absolute Gasteiger partial charge is 0.257 e. The average Bonchev–Trinajstić information content (AvgIpc) is 2.69. The lowest BCUT2D eigenvalue weighted by molar-refractivity contribution is 0.0977. The quantitative estimate of drug-likeness (QED) is 0.806. The van der Waals surface area contributed by atoms with Crippen LogP contribution in [0.1, 0.15) is 10.4 Å². The highest BCUT2D eigenvalue weighted by molar-refractivity contribution is 7.80. The molecule has 1 saturated heterocycles. The predicted octanol–water partition coefficient (Wildman–Crippen LogP) is 2.66. The lowest BCUT2D eigenvalue weighted by Crippen LogP contribution is -2.36. The SMILES string of the molecule is COc1cccc(C(=O)NC(=S)Nc2ccc(N3CCOCC3)cc2)c1. The van der Waals surface area contributed by atoms with Gasteiger partial charge >= 0.3 is 0 Å². The summed E-state index contributed by atoms with van der Waals surface area (Å²) in [6.07, 6.45) is 0. The van der Waals surface area contributed by atoms with Crippen molar-refractivity contribution in [3.63, 3.8) is 0 Å². The molecule has 1 aliphatic rings. The molecule has 0 aliphatic carbocycles. The van der Waals surface area contributed by atoms with Crippen LogP contribution in [0.25, 0.3) is 0 Å². The first-order valence-corrected chi connectivity index (χ1v) is 8.76. The zero-order valence-corrected chi connectivity index (χ0v) is 15.3. The van der Waals surface area contributed by atoms with Crippen LogP contribution < -0.4 is 20.3 Å². The molecule has 1 fully saturated rings. The van der Waals surface area contributed by atoms with E-state index in [1.807, 2.05) is 24.3 Å². The Morgan fingerprint density at radius 1 is 1.15 bits per heavy atom. The van der Waals surface area contributed by atoms with Crippen LogP contribution in [0.3, 0.4) is 0 Å². The number of rotatable bonds is 4. The van der Waals surface area contributed by atoms with E-state index in [9.17, 15) is 4.79 Å². The van der Waals surface area contributed by atoms with Crippen LogP contribution in [0.2, 0.25) is 0 Å². The number of hydrogen-bond acceptors (Lipinski definition) is 5. The minimum Gasteiger partial charge on any atom is -0.497 e. The molecule has 1 aliphatic heterocycles. The van der Waals surface area contributed by atoms with Gasteiger partial charge in [0, 0.05) is 30.0 Å². The van der Waals surface area contributed by atoms with Crippen molar-refractivity contribution in [2.45, 2.75) is 0 Å². The van der Waals surface area contributed by atoms with Gasteiger partial charge in [0.1, 0.15) is 5.75 Å². The number of morpholine rings is 1. The van der Waals surface area contributed by atoms with E-state index in [4.69, 9.17) is 21.7 Å². The van der Waals surface area contributed by atoms with Crippen molar-refractivity contribution in [1.29, 1.82) is 0 Å². The third-order valence-electron chi connectivity index (χ3n) is 4.06. The predicted molar refractivity (Wildman–Crippen MR) is 106 cm³/mol. The van der Waals surface area contributed by atoms with E-state index in [2.05, 4.69) is 15.5 Å². The molecule has 2 aromatic carbocycles. The molecule has 1 amide bonds. The molecule has 0 aromatic heterocycles. The Hall–Kier alpha value is -2.64. The van der Waals surface area contributed by atoms with Gasteiger partial charge in [-0.3, -0.25) is 10.1 Å². The third-order valence-corrected chi connectivity index (χ3v) is 4.26. The third kappa shape index (κ3) is 4.71. The maximum Gasteiger partial charge on any atom is 0.257 e. The first-order chi connectivity index (χ1) is 12.7. The second kappa shape index (κ2) is 8.64. The Morgan fingerprint density at radius 2 is 1.88 bits per heavy atom. The van der Waals surface area contributed by atoms with Crippen LogP contribution >= 0.6 is 12.2 Å². The van der Waals surface area contributed by atoms with Gasteiger partial charge in [0.2, 0.25) is 0 Å². The number of benzene rings is 2. The highest BCUT2D eigenvalue weighted by Crippen LogP contribution is 2.19. The van der Waals surface area contributed by atoms with E-state index in [1.54, 1.807) is 31.4 Å². The normalized spacial score (nSPS) is 13.8. The molecule has 2 N–H and O–H groups in total. The van der Waals surface area contributed by atoms with Crippen molar-refractivity contribution in [1.82, 2.24) is 5.32 Å². The Balaban J connectivity index is 1.56. The van der Waals surface area contributed by atoms with Crippen LogP contribution in [0.4, 0.5) is 11.4 Å². The van der Waals surface area contributed by atoms with Crippen molar-refractivity contribution >= 4 is 34.6 Å². The van der Waals surface area contributed by atoms with Crippen molar-refractivity contribution < 1.29 is 14.3 Å². The first-order valence-electron chi connectivity index (χ1n) is 8.35. The molecule has 0 atom stereocenters. The maximum absolute atomic E-state index is 12.3. The molecule has 3 rings (SSSR count). The maximum atomic E-state index is 12.3. The van der Waals surface area contributed by atoms with Crippen LogP contribution in [0, 0.1) is 0 Å². The van der Waals surface area contributed by atoms with Crippen LogP contribution in [-0.2, 0) is 4.74 Å². The number of thiocarbonyl (C=S) groups is 1. The van der Waals surface area contributed by atoms with Gasteiger partial charge in [0.05, 0.1) is 20.3 Å². The molecular weight excluding hydrogens is 350 g/mol. The van der Waals surface area contributed by atoms with Gasteiger partial charge in [-0.25, -0.2) is 0 Å². The lowest BCUT2D eigenvalue weighted by Gasteiger charge is -2.28. The first kappa shape index (κ1) is 18.2. The van der Waals surface area contributed by atoms with E-state index >= 15 is 0 Å². The van der Waals surface area contributed by atoms with E-state index in [0.717, 1.165) is 37.7 Å². The summed E-state index contributed by atoms with van der Waals surface area (Å²) in [5.74, 6) is 0.335. The van der Waals surface area contributed by atoms with Crippen LogP contribution in [-0.4, -0.2) is 44.4 Å². The summed E-state index contributed by atoms with van der Waals surface area (Å²) in [6.45, 7) is 3.28. The molecular formula is C19H21N3O3S. The Kier molecular flexibility index (Phi) is 6.04. The van der Waals surface area contributed by atoms with Crippen LogP contribution in [0.5, 0.6) is 5.75 Å². The molecule has 7 heteroatoms. The number of anilines is 2. The van der Waals surface area contributed by atoms with Gasteiger partial charge < -0.3 is 19.7 Å². The largest absolute Gasteiger partial charge is 0.497 e. The standard InChI is InChI=1S/C19H21N3O3S/c1-24-17-4-2-3-14(13-17)18(23)21-19(26)20-15-5-7-16(8-6-15)22-9-11-25-12-10-22/h2-8,13H,9-12H2,1H3,(H2,20,21,23,26). The van der Waals surface area contributed by atoms with E-state index in [1.165, 1.54) is 0 Å². The van der Waals surface area contributed by atoms with E-state index < -0.39 is 0 Å². The van der Waals surface area contributed by atoms with Crippen molar-refractivity contribution in [2.75, 3.05) is 43.6 Å². The highest BCUT2D eigenvalue weighted by atomic mass is 32.1. The summed E-state index contributed by atoms with van der Waals surface area (Å²) < 4.78 is 10.5. The number of methoxy groups -OCH3 is 1. The van der Waals surface area contributed by atoms with Gasteiger partial charge in [0.15, 0.2) is 5.11 Å². The summed E-state index contributed by atoms with van der Waals surface area (Å²) in [5.41, 5.74) is 2.44. The molecule has 0 bridgehead atoms. The lowest BCUT2D eigenvalue weighted by atomic mass is 10.2. The van der Waals surface area contributed by atoms with Crippen molar-refractivity contribution in [2.24, 2.45) is 0 Å². The molecule has 0 radical (unpaired) electrons. The summed E-state index contributed by atoms with van der Waals surface area (Å²) in [5, 5.41) is 5.95. The second-order valence-electron chi connectivity index (χ2n) is 5.79. The Labute approximate surface area is 158 Å². The summed E-state index contributed by atoms with van der Waals surface area (Å²) in [6, 6.07) is 14.8. The molecule has 2 aromatic rings. The topological polar surface area (TPSA) is 62.8 Å². The van der Waals surface area contributed by atoms with Gasteiger partial charge in [-0.05, 0) is 54.7 Å². The summed E-state index contributed by atoms with van der Waals surface area (Å²) in [4.78, 5) is 14.5. The number of ether oxygens (including phenoxy) is 2. The number of nitrogens with one attached hydrogen (secondary N) is 2. The van der Waals surface area contributed by atoms with Crippen molar-refractivity contribution in [3.05, 3.63) is 54.1 Å². The summed E-state index contributed by atoms with van der Waals surface area (Å²) in [7, 11) is 1.56. The number of hydrogen-bond donors (Lipinski definition) is 2. The number of carbonyl (C=O) groups excluding carboxylic acids is 1. The zero-order valence-electron chi connectivity index (χ0n) is 14.5. The highest BCUT2D eigenvalue weighted by Gasteiger charge is 2.12. The van der Waals surface area contributed by atoms with Gasteiger partial charge in [-0.15, -0.1) is 0 Å². The monoisotopic (exact) mass is 371 g/mol. The molecule has 136 valence electrons. The van der Waals surface area contributed by atoms with Gasteiger partial charge in [0.25, 0.3) is 5.91 Å². The van der Waals surface area contributed by atoms with Gasteiger partial charge in [-0.2, -0.15) is 0 Å². The second-order valence-corrected chi connectivity index (χ2v) is 6.19. The molecule has 0 saturated carbocycles. The molecule has 0 spiro atoms. The van der Waals surface area contributed by atoms with Crippen LogP contribution in [0.15, 0.2) is 48.5 Å². The molecule has 26 heavy (non-hydrogen) atoms. The summed E-state index contributed by atoms with van der Waals surface area (Å²) >= 11 is 5.23. The fourth-order valence-corrected chi connectivity index (χ4v) is 2.89. The number of amides is 1. The number of nitrogens with zero attached hydrogens (tertiary/aromatic N) is 1. The Bertz CT molecular complexity index is 774. The minimum absolute atomic E-state index is 0.247. The Morgan fingerprint density at radius 3 is 2.58 bits per heavy atom. The molecule has 6 nitrogen and oxygen atoms in total. The molecule has 0 unspecified atom stereocenters. The molecule has 1 heterocycles. The minimum atomic E-state index is -0.286. The fourth-order valence-electron chi connectivity index (χ4n) is 2.68. The average molecular weight is 371 g/mol. The zero-order chi connectivity index (χ0) is 18.4. The van der Waals surface area contributed by atoms with E-state index in [-0.39, 0.29) is 11.0 Å². The fraction of sp³-hybridized carbons (Fsp3) is 0.263. The number of carbonyl (C=O) groups is 1. The van der Waals surface area contributed by atoms with Gasteiger partial charge in [-0.1, -0.05) is 6.07 Å². The van der Waals surface area contributed by atoms with E-state index in [0.29, 0.717) is 11.3 Å².